The number of amides is 1. The second-order valence-electron chi connectivity index (χ2n) is 5.65. The zero-order valence-corrected chi connectivity index (χ0v) is 11.8. The molecule has 0 spiro atoms. The molecule has 2 N–H and O–H groups in total. The number of carbonyl (C=O) groups excluding carboxylic acids is 1. The molecule has 1 amide bonds. The standard InChI is InChI=1S/C15H22N2O3/c1-11-5-2-3-6-12(11)9-16-14(18)10-17-8-4-7-13(17)15(19)20/h4,7-8,11-12H,2-3,5-6,9-10H2,1H3,(H,16,18)(H,19,20). The van der Waals surface area contributed by atoms with E-state index in [2.05, 4.69) is 12.2 Å². The van der Waals surface area contributed by atoms with Gasteiger partial charge in [-0.3, -0.25) is 4.79 Å². The first kappa shape index (κ1) is 14.6. The molecule has 110 valence electrons. The predicted molar refractivity (Wildman–Crippen MR) is 75.5 cm³/mol. The van der Waals surface area contributed by atoms with Gasteiger partial charge in [0, 0.05) is 12.7 Å². The lowest BCUT2D eigenvalue weighted by atomic mass is 9.80. The summed E-state index contributed by atoms with van der Waals surface area (Å²) in [5, 5.41) is 11.9. The summed E-state index contributed by atoms with van der Waals surface area (Å²) >= 11 is 0. The van der Waals surface area contributed by atoms with Gasteiger partial charge in [0.25, 0.3) is 0 Å². The van der Waals surface area contributed by atoms with Gasteiger partial charge in [0.15, 0.2) is 0 Å². The number of aromatic carboxylic acids is 1. The highest BCUT2D eigenvalue weighted by molar-refractivity contribution is 5.86. The van der Waals surface area contributed by atoms with Gasteiger partial charge in [0.2, 0.25) is 5.91 Å². The molecule has 0 aromatic carbocycles. The molecule has 1 aliphatic carbocycles. The van der Waals surface area contributed by atoms with Crippen molar-refractivity contribution >= 4 is 11.9 Å². The fourth-order valence-electron chi connectivity index (χ4n) is 2.90. The molecule has 1 aromatic rings. The van der Waals surface area contributed by atoms with E-state index in [4.69, 9.17) is 5.11 Å². The molecule has 2 rings (SSSR count). The molecule has 0 aliphatic heterocycles. The van der Waals surface area contributed by atoms with Crippen LogP contribution >= 0.6 is 0 Å². The summed E-state index contributed by atoms with van der Waals surface area (Å²) in [7, 11) is 0. The second kappa shape index (κ2) is 6.59. The van der Waals surface area contributed by atoms with Gasteiger partial charge in [-0.2, -0.15) is 0 Å². The van der Waals surface area contributed by atoms with E-state index in [1.54, 1.807) is 12.3 Å². The van der Waals surface area contributed by atoms with Crippen LogP contribution in [0, 0.1) is 11.8 Å². The van der Waals surface area contributed by atoms with Crippen LogP contribution in [0.15, 0.2) is 18.3 Å². The van der Waals surface area contributed by atoms with Crippen LogP contribution in [0.1, 0.15) is 43.1 Å². The Morgan fingerprint density at radius 1 is 1.40 bits per heavy atom. The molecule has 0 radical (unpaired) electrons. The van der Waals surface area contributed by atoms with Gasteiger partial charge >= 0.3 is 5.97 Å². The molecule has 5 heteroatoms. The number of carbonyl (C=O) groups is 2. The maximum Gasteiger partial charge on any atom is 0.352 e. The van der Waals surface area contributed by atoms with E-state index in [1.807, 2.05) is 0 Å². The molecule has 2 atom stereocenters. The highest BCUT2D eigenvalue weighted by Gasteiger charge is 2.21. The maximum atomic E-state index is 11.9. The van der Waals surface area contributed by atoms with E-state index in [1.165, 1.54) is 36.3 Å². The van der Waals surface area contributed by atoms with Crippen LogP contribution in [0.4, 0.5) is 0 Å². The van der Waals surface area contributed by atoms with Crippen molar-refractivity contribution in [1.29, 1.82) is 0 Å². The van der Waals surface area contributed by atoms with Gasteiger partial charge in [-0.05, 0) is 30.4 Å². The van der Waals surface area contributed by atoms with Crippen molar-refractivity contribution in [1.82, 2.24) is 9.88 Å². The first-order chi connectivity index (χ1) is 9.58. The number of carboxylic acids is 1. The third kappa shape index (κ3) is 3.62. The summed E-state index contributed by atoms with van der Waals surface area (Å²) in [5.74, 6) is 0.0756. The van der Waals surface area contributed by atoms with Gasteiger partial charge in [-0.1, -0.05) is 26.2 Å². The van der Waals surface area contributed by atoms with Crippen LogP contribution in [0.2, 0.25) is 0 Å². The minimum atomic E-state index is -1.01. The maximum absolute atomic E-state index is 11.9. The Balaban J connectivity index is 1.83. The van der Waals surface area contributed by atoms with Gasteiger partial charge in [0.05, 0.1) is 0 Å². The van der Waals surface area contributed by atoms with Crippen molar-refractivity contribution in [2.75, 3.05) is 6.54 Å². The van der Waals surface area contributed by atoms with Crippen LogP contribution in [-0.4, -0.2) is 28.1 Å². The monoisotopic (exact) mass is 278 g/mol. The van der Waals surface area contributed by atoms with E-state index >= 15 is 0 Å². The number of rotatable bonds is 5. The molecule has 1 fully saturated rings. The summed E-state index contributed by atoms with van der Waals surface area (Å²) in [6.07, 6.45) is 6.56. The minimum absolute atomic E-state index is 0.0652. The molecule has 0 saturated heterocycles. The Hall–Kier alpha value is -1.78. The number of hydrogen-bond donors (Lipinski definition) is 2. The summed E-state index contributed by atoms with van der Waals surface area (Å²) in [6.45, 7) is 3.00. The second-order valence-corrected chi connectivity index (χ2v) is 5.65. The van der Waals surface area contributed by atoms with Crippen LogP contribution in [0.5, 0.6) is 0 Å². The van der Waals surface area contributed by atoms with Crippen molar-refractivity contribution in [3.8, 4) is 0 Å². The normalized spacial score (nSPS) is 22.4. The molecule has 1 saturated carbocycles. The van der Waals surface area contributed by atoms with Gasteiger partial charge < -0.3 is 15.0 Å². The Bertz CT molecular complexity index is 481. The lowest BCUT2D eigenvalue weighted by Crippen LogP contribution is -2.35. The third-order valence-corrected chi connectivity index (χ3v) is 4.21. The Morgan fingerprint density at radius 2 is 2.15 bits per heavy atom. The molecule has 1 heterocycles. The average molecular weight is 278 g/mol. The first-order valence-electron chi connectivity index (χ1n) is 7.23. The zero-order valence-electron chi connectivity index (χ0n) is 11.8. The van der Waals surface area contributed by atoms with Gasteiger partial charge in [0.1, 0.15) is 12.2 Å². The van der Waals surface area contributed by atoms with Crippen molar-refractivity contribution in [3.63, 3.8) is 0 Å². The SMILES string of the molecule is CC1CCCCC1CNC(=O)Cn1cccc1C(=O)O. The van der Waals surface area contributed by atoms with Crippen molar-refractivity contribution in [2.45, 2.75) is 39.2 Å². The van der Waals surface area contributed by atoms with Crippen molar-refractivity contribution in [2.24, 2.45) is 11.8 Å². The molecule has 2 unspecified atom stereocenters. The number of nitrogens with zero attached hydrogens (tertiary/aromatic N) is 1. The molecular weight excluding hydrogens is 256 g/mol. The fourth-order valence-corrected chi connectivity index (χ4v) is 2.90. The highest BCUT2D eigenvalue weighted by Crippen LogP contribution is 2.28. The smallest absolute Gasteiger partial charge is 0.352 e. The number of nitrogens with one attached hydrogen (secondary N) is 1. The fraction of sp³-hybridized carbons (Fsp3) is 0.600. The Labute approximate surface area is 119 Å². The van der Waals surface area contributed by atoms with E-state index in [9.17, 15) is 9.59 Å². The average Bonchev–Trinajstić information content (AvgIpc) is 2.86. The quantitative estimate of drug-likeness (QED) is 0.866. The van der Waals surface area contributed by atoms with Crippen molar-refractivity contribution in [3.05, 3.63) is 24.0 Å². The highest BCUT2D eigenvalue weighted by atomic mass is 16.4. The van der Waals surface area contributed by atoms with Crippen LogP contribution < -0.4 is 5.32 Å². The minimum Gasteiger partial charge on any atom is -0.477 e. The van der Waals surface area contributed by atoms with E-state index in [0.29, 0.717) is 18.4 Å². The van der Waals surface area contributed by atoms with Crippen molar-refractivity contribution < 1.29 is 14.7 Å². The molecule has 1 aromatic heterocycles. The van der Waals surface area contributed by atoms with Crippen LogP contribution in [0.25, 0.3) is 0 Å². The molecule has 1 aliphatic rings. The van der Waals surface area contributed by atoms with E-state index in [0.717, 1.165) is 0 Å². The topological polar surface area (TPSA) is 71.3 Å². The third-order valence-electron chi connectivity index (χ3n) is 4.21. The molecule has 20 heavy (non-hydrogen) atoms. The Morgan fingerprint density at radius 3 is 2.85 bits per heavy atom. The van der Waals surface area contributed by atoms with Gasteiger partial charge in [-0.15, -0.1) is 0 Å². The number of aromatic nitrogens is 1. The predicted octanol–water partition coefficient (Wildman–Crippen LogP) is 2.13. The summed E-state index contributed by atoms with van der Waals surface area (Å²) < 4.78 is 1.46. The van der Waals surface area contributed by atoms with E-state index in [-0.39, 0.29) is 18.1 Å². The summed E-state index contributed by atoms with van der Waals surface area (Å²) in [6, 6.07) is 3.14. The number of hydrogen-bond acceptors (Lipinski definition) is 2. The lowest BCUT2D eigenvalue weighted by molar-refractivity contribution is -0.122. The first-order valence-corrected chi connectivity index (χ1v) is 7.23. The lowest BCUT2D eigenvalue weighted by Gasteiger charge is -2.28. The largest absolute Gasteiger partial charge is 0.477 e. The molecular formula is C15H22N2O3. The Kier molecular flexibility index (Phi) is 4.82. The van der Waals surface area contributed by atoms with E-state index < -0.39 is 5.97 Å². The summed E-state index contributed by atoms with van der Waals surface area (Å²) in [4.78, 5) is 22.9. The van der Waals surface area contributed by atoms with Crippen LogP contribution in [-0.2, 0) is 11.3 Å². The summed E-state index contributed by atoms with van der Waals surface area (Å²) in [5.41, 5.74) is 0.145. The van der Waals surface area contributed by atoms with Crippen LogP contribution in [0.3, 0.4) is 0 Å². The molecule has 0 bridgehead atoms. The number of carboxylic acid groups (broad SMARTS) is 1. The zero-order chi connectivity index (χ0) is 14.5. The molecule has 5 nitrogen and oxygen atoms in total. The van der Waals surface area contributed by atoms with Gasteiger partial charge in [-0.25, -0.2) is 4.79 Å².